The lowest BCUT2D eigenvalue weighted by Crippen LogP contribution is -2.55. The number of hydrogen-bond donors (Lipinski definition) is 1. The van der Waals surface area contributed by atoms with Crippen LogP contribution in [0.15, 0.2) is 24.5 Å². The Balaban J connectivity index is 1.41. The van der Waals surface area contributed by atoms with Crippen molar-refractivity contribution in [3.63, 3.8) is 0 Å². The average Bonchev–Trinajstić information content (AvgIpc) is 3.08. The molecule has 0 bridgehead atoms. The SMILES string of the molecule is CO[C@@]12CC[C@@H](NC(=O)C3CCCCC3)C[C@@H]1N(Cc1cccnc1)CC2. The second-order valence-corrected chi connectivity index (χ2v) is 8.68. The fourth-order valence-corrected chi connectivity index (χ4v) is 5.52. The van der Waals surface area contributed by atoms with E-state index in [1.807, 2.05) is 25.6 Å². The molecule has 0 unspecified atom stereocenters. The predicted octanol–water partition coefficient (Wildman–Crippen LogP) is 3.29. The Morgan fingerprint density at radius 1 is 1.30 bits per heavy atom. The molecule has 1 aliphatic heterocycles. The molecule has 0 radical (unpaired) electrons. The molecule has 5 nitrogen and oxygen atoms in total. The number of likely N-dealkylation sites (tertiary alicyclic amines) is 1. The lowest BCUT2D eigenvalue weighted by Gasteiger charge is -2.44. The molecule has 3 aliphatic rings. The molecule has 2 heterocycles. The van der Waals surface area contributed by atoms with Crippen LogP contribution in [-0.4, -0.2) is 47.1 Å². The van der Waals surface area contributed by atoms with E-state index in [1.54, 1.807) is 0 Å². The third-order valence-corrected chi connectivity index (χ3v) is 7.13. The largest absolute Gasteiger partial charge is 0.377 e. The van der Waals surface area contributed by atoms with Crippen LogP contribution in [0.25, 0.3) is 0 Å². The van der Waals surface area contributed by atoms with E-state index in [0.29, 0.717) is 11.9 Å². The molecule has 3 fully saturated rings. The minimum Gasteiger partial charge on any atom is -0.377 e. The summed E-state index contributed by atoms with van der Waals surface area (Å²) >= 11 is 0. The number of ether oxygens (including phenoxy) is 1. The molecule has 2 saturated carbocycles. The van der Waals surface area contributed by atoms with Crippen LogP contribution in [0, 0.1) is 5.92 Å². The minimum absolute atomic E-state index is 0.0473. The van der Waals surface area contributed by atoms with Gasteiger partial charge in [0, 0.05) is 50.6 Å². The van der Waals surface area contributed by atoms with Crippen molar-refractivity contribution in [1.29, 1.82) is 0 Å². The highest BCUT2D eigenvalue weighted by molar-refractivity contribution is 5.79. The molecule has 5 heteroatoms. The molecular weight excluding hydrogens is 338 g/mol. The summed E-state index contributed by atoms with van der Waals surface area (Å²) in [4.78, 5) is 19.5. The summed E-state index contributed by atoms with van der Waals surface area (Å²) in [5.41, 5.74) is 1.20. The normalized spacial score (nSPS) is 32.2. The topological polar surface area (TPSA) is 54.5 Å². The molecule has 148 valence electrons. The Kier molecular flexibility index (Phi) is 5.79. The molecule has 1 aromatic rings. The van der Waals surface area contributed by atoms with Crippen molar-refractivity contribution < 1.29 is 9.53 Å². The number of carbonyl (C=O) groups is 1. The second-order valence-electron chi connectivity index (χ2n) is 8.68. The van der Waals surface area contributed by atoms with Crippen molar-refractivity contribution >= 4 is 5.91 Å². The zero-order chi connectivity index (χ0) is 18.7. The van der Waals surface area contributed by atoms with E-state index in [0.717, 1.165) is 51.6 Å². The number of rotatable bonds is 5. The summed E-state index contributed by atoms with van der Waals surface area (Å²) in [6.45, 7) is 1.96. The van der Waals surface area contributed by atoms with E-state index in [4.69, 9.17) is 4.74 Å². The maximum atomic E-state index is 12.7. The van der Waals surface area contributed by atoms with E-state index in [1.165, 1.54) is 24.8 Å². The highest BCUT2D eigenvalue weighted by Gasteiger charge is 2.51. The van der Waals surface area contributed by atoms with Crippen LogP contribution in [0.2, 0.25) is 0 Å². The predicted molar refractivity (Wildman–Crippen MR) is 105 cm³/mol. The van der Waals surface area contributed by atoms with E-state index >= 15 is 0 Å². The third kappa shape index (κ3) is 4.04. The summed E-state index contributed by atoms with van der Waals surface area (Å²) in [5, 5.41) is 3.39. The monoisotopic (exact) mass is 371 g/mol. The van der Waals surface area contributed by atoms with Gasteiger partial charge in [0.05, 0.1) is 5.60 Å². The number of amides is 1. The number of nitrogens with zero attached hydrogens (tertiary/aromatic N) is 2. The van der Waals surface area contributed by atoms with E-state index in [9.17, 15) is 4.79 Å². The molecule has 1 aromatic heterocycles. The van der Waals surface area contributed by atoms with Crippen LogP contribution in [0.3, 0.4) is 0 Å². The first-order valence-electron chi connectivity index (χ1n) is 10.7. The van der Waals surface area contributed by atoms with Crippen molar-refractivity contribution in [2.75, 3.05) is 13.7 Å². The van der Waals surface area contributed by atoms with Gasteiger partial charge in [0.2, 0.25) is 5.91 Å². The number of aromatic nitrogens is 1. The van der Waals surface area contributed by atoms with Crippen LogP contribution >= 0.6 is 0 Å². The van der Waals surface area contributed by atoms with Crippen LogP contribution in [0.1, 0.15) is 63.4 Å². The summed E-state index contributed by atoms with van der Waals surface area (Å²) in [6, 6.07) is 4.80. The molecular formula is C22H33N3O2. The zero-order valence-corrected chi connectivity index (χ0v) is 16.5. The van der Waals surface area contributed by atoms with Gasteiger partial charge in [-0.2, -0.15) is 0 Å². The van der Waals surface area contributed by atoms with Gasteiger partial charge in [-0.3, -0.25) is 14.7 Å². The van der Waals surface area contributed by atoms with Gasteiger partial charge in [-0.05, 0) is 50.2 Å². The van der Waals surface area contributed by atoms with Gasteiger partial charge in [-0.1, -0.05) is 25.3 Å². The van der Waals surface area contributed by atoms with E-state index < -0.39 is 0 Å². The summed E-state index contributed by atoms with van der Waals surface area (Å²) in [5.74, 6) is 0.532. The van der Waals surface area contributed by atoms with Gasteiger partial charge >= 0.3 is 0 Å². The third-order valence-electron chi connectivity index (χ3n) is 7.13. The Morgan fingerprint density at radius 3 is 2.89 bits per heavy atom. The molecule has 0 spiro atoms. The van der Waals surface area contributed by atoms with Crippen molar-refractivity contribution in [3.05, 3.63) is 30.1 Å². The van der Waals surface area contributed by atoms with Gasteiger partial charge < -0.3 is 10.1 Å². The number of pyridine rings is 1. The fourth-order valence-electron chi connectivity index (χ4n) is 5.52. The van der Waals surface area contributed by atoms with Crippen molar-refractivity contribution in [3.8, 4) is 0 Å². The number of nitrogens with one attached hydrogen (secondary N) is 1. The minimum atomic E-state index is -0.0473. The van der Waals surface area contributed by atoms with Gasteiger partial charge in [0.25, 0.3) is 0 Å². The standard InChI is InChI=1S/C22H33N3O2/c1-27-22-10-9-19(24-21(26)18-7-3-2-4-8-18)14-20(22)25(13-11-22)16-17-6-5-12-23-15-17/h5-6,12,15,18-20H,2-4,7-11,13-14,16H2,1H3,(H,24,26)/t19-,20+,22-/m1/s1. The Hall–Kier alpha value is -1.46. The molecule has 1 N–H and O–H groups in total. The highest BCUT2D eigenvalue weighted by atomic mass is 16.5. The lowest BCUT2D eigenvalue weighted by molar-refractivity contribution is -0.128. The number of carbonyl (C=O) groups excluding carboxylic acids is 1. The Labute approximate surface area is 162 Å². The van der Waals surface area contributed by atoms with Crippen LogP contribution in [0.4, 0.5) is 0 Å². The zero-order valence-electron chi connectivity index (χ0n) is 16.5. The highest BCUT2D eigenvalue weighted by Crippen LogP contribution is 2.43. The Morgan fingerprint density at radius 2 is 2.15 bits per heavy atom. The lowest BCUT2D eigenvalue weighted by atomic mass is 9.77. The first kappa shape index (κ1) is 18.9. The number of hydrogen-bond acceptors (Lipinski definition) is 4. The van der Waals surface area contributed by atoms with Gasteiger partial charge in [-0.25, -0.2) is 0 Å². The summed E-state index contributed by atoms with van der Waals surface area (Å²) in [7, 11) is 1.86. The molecule has 1 saturated heterocycles. The van der Waals surface area contributed by atoms with Gasteiger partial charge in [-0.15, -0.1) is 0 Å². The first-order valence-corrected chi connectivity index (χ1v) is 10.7. The molecule has 1 amide bonds. The van der Waals surface area contributed by atoms with Crippen LogP contribution in [-0.2, 0) is 16.1 Å². The number of methoxy groups -OCH3 is 1. The quantitative estimate of drug-likeness (QED) is 0.863. The molecule has 0 aromatic carbocycles. The molecule has 4 rings (SSSR count). The van der Waals surface area contributed by atoms with Gasteiger partial charge in [0.1, 0.15) is 0 Å². The smallest absolute Gasteiger partial charge is 0.223 e. The average molecular weight is 372 g/mol. The first-order chi connectivity index (χ1) is 13.2. The van der Waals surface area contributed by atoms with Gasteiger partial charge in [0.15, 0.2) is 0 Å². The Bertz CT molecular complexity index is 632. The van der Waals surface area contributed by atoms with E-state index in [-0.39, 0.29) is 17.6 Å². The second kappa shape index (κ2) is 8.27. The van der Waals surface area contributed by atoms with Crippen molar-refractivity contribution in [2.45, 2.75) is 82.0 Å². The summed E-state index contributed by atoms with van der Waals surface area (Å²) < 4.78 is 6.07. The maximum absolute atomic E-state index is 12.7. The number of fused-ring (bicyclic) bond motifs is 1. The van der Waals surface area contributed by atoms with Crippen molar-refractivity contribution in [2.24, 2.45) is 5.92 Å². The molecule has 27 heavy (non-hydrogen) atoms. The summed E-state index contributed by atoms with van der Waals surface area (Å²) in [6.07, 6.45) is 13.8. The maximum Gasteiger partial charge on any atom is 0.223 e. The van der Waals surface area contributed by atoms with Crippen LogP contribution < -0.4 is 5.32 Å². The fraction of sp³-hybridized carbons (Fsp3) is 0.727. The van der Waals surface area contributed by atoms with E-state index in [2.05, 4.69) is 21.3 Å². The van der Waals surface area contributed by atoms with Crippen molar-refractivity contribution in [1.82, 2.24) is 15.2 Å². The molecule has 3 atom stereocenters. The van der Waals surface area contributed by atoms with Crippen LogP contribution in [0.5, 0.6) is 0 Å². The molecule has 2 aliphatic carbocycles.